The first-order valence-electron chi connectivity index (χ1n) is 7.81. The summed E-state index contributed by atoms with van der Waals surface area (Å²) in [6.07, 6.45) is 5.35. The van der Waals surface area contributed by atoms with Gasteiger partial charge in [-0.15, -0.1) is 0 Å². The zero-order valence-corrected chi connectivity index (χ0v) is 12.2. The molecule has 1 aromatic carbocycles. The van der Waals surface area contributed by atoms with Crippen LogP contribution in [0.2, 0.25) is 0 Å². The lowest BCUT2D eigenvalue weighted by atomic mass is 9.94. The zero-order chi connectivity index (χ0) is 14.8. The number of hydrogen-bond donors (Lipinski definition) is 1. The molecule has 0 saturated heterocycles. The number of rotatable bonds is 6. The second-order valence-corrected chi connectivity index (χ2v) is 5.93. The van der Waals surface area contributed by atoms with Crippen molar-refractivity contribution in [2.24, 2.45) is 0 Å². The molecule has 1 aromatic rings. The van der Waals surface area contributed by atoms with Gasteiger partial charge in [0.05, 0.1) is 12.1 Å². The average Bonchev–Trinajstić information content (AvgIpc) is 2.81. The maximum absolute atomic E-state index is 12.3. The summed E-state index contributed by atoms with van der Waals surface area (Å²) in [4.78, 5) is 26.2. The largest absolute Gasteiger partial charge is 0.396 e. The van der Waals surface area contributed by atoms with Crippen LogP contribution in [0.3, 0.4) is 0 Å². The van der Waals surface area contributed by atoms with Crippen LogP contribution in [-0.2, 0) is 17.6 Å². The quantitative estimate of drug-likeness (QED) is 0.645. The van der Waals surface area contributed by atoms with E-state index in [1.54, 1.807) is 0 Å². The highest BCUT2D eigenvalue weighted by Crippen LogP contribution is 2.37. The Balaban J connectivity index is 1.78. The van der Waals surface area contributed by atoms with Gasteiger partial charge in [0.25, 0.3) is 0 Å². The van der Waals surface area contributed by atoms with Crippen LogP contribution in [0.1, 0.15) is 53.6 Å². The van der Waals surface area contributed by atoms with Crippen molar-refractivity contribution in [3.05, 3.63) is 28.8 Å². The van der Waals surface area contributed by atoms with Gasteiger partial charge in [0, 0.05) is 25.1 Å². The van der Waals surface area contributed by atoms with E-state index >= 15 is 0 Å². The molecule has 4 nitrogen and oxygen atoms in total. The number of hydrogen-bond acceptors (Lipinski definition) is 3. The summed E-state index contributed by atoms with van der Waals surface area (Å²) in [7, 11) is 0. The van der Waals surface area contributed by atoms with Gasteiger partial charge in [0.2, 0.25) is 5.91 Å². The van der Waals surface area contributed by atoms with Crippen molar-refractivity contribution in [1.82, 2.24) is 0 Å². The molecule has 21 heavy (non-hydrogen) atoms. The van der Waals surface area contributed by atoms with Crippen LogP contribution < -0.4 is 4.90 Å². The molecule has 2 aliphatic rings. The fraction of sp³-hybridized carbons (Fsp3) is 0.529. The summed E-state index contributed by atoms with van der Waals surface area (Å²) in [6.45, 7) is 1.00. The molecule has 1 N–H and O–H groups in total. The molecule has 0 saturated carbocycles. The van der Waals surface area contributed by atoms with Crippen molar-refractivity contribution in [2.45, 2.75) is 44.9 Å². The number of Topliss-reactive ketones (excluding diaryl/α,β-unsaturated/α-hetero) is 1. The molecule has 0 fully saturated rings. The smallest absolute Gasteiger partial charge is 0.231 e. The maximum atomic E-state index is 12.3. The minimum absolute atomic E-state index is 0.156. The minimum Gasteiger partial charge on any atom is -0.396 e. The number of carbonyl (C=O) groups is 2. The maximum Gasteiger partial charge on any atom is 0.231 e. The van der Waals surface area contributed by atoms with Crippen LogP contribution in [0, 0.1) is 0 Å². The van der Waals surface area contributed by atoms with Crippen molar-refractivity contribution in [3.63, 3.8) is 0 Å². The Kier molecular flexibility index (Phi) is 4.06. The highest BCUT2D eigenvalue weighted by Gasteiger charge is 2.32. The first kappa shape index (κ1) is 14.3. The topological polar surface area (TPSA) is 57.6 Å². The molecule has 4 heteroatoms. The summed E-state index contributed by atoms with van der Waals surface area (Å²) in [6, 6.07) is 3.90. The fourth-order valence-electron chi connectivity index (χ4n) is 3.36. The number of aliphatic hydroxyl groups excluding tert-OH is 1. The van der Waals surface area contributed by atoms with E-state index in [2.05, 4.69) is 0 Å². The lowest BCUT2D eigenvalue weighted by Gasteiger charge is -2.25. The van der Waals surface area contributed by atoms with E-state index in [1.165, 1.54) is 0 Å². The number of amides is 1. The number of aryl methyl sites for hydroxylation is 1. The molecular weight excluding hydrogens is 266 g/mol. The lowest BCUT2D eigenvalue weighted by molar-refractivity contribution is -0.117. The molecule has 2 aliphatic heterocycles. The van der Waals surface area contributed by atoms with Crippen LogP contribution in [0.5, 0.6) is 0 Å². The molecule has 0 spiro atoms. The summed E-state index contributed by atoms with van der Waals surface area (Å²) >= 11 is 0. The lowest BCUT2D eigenvalue weighted by Crippen LogP contribution is -2.31. The van der Waals surface area contributed by atoms with E-state index in [0.717, 1.165) is 61.0 Å². The van der Waals surface area contributed by atoms with Gasteiger partial charge in [0.15, 0.2) is 5.78 Å². The Labute approximate surface area is 124 Å². The summed E-state index contributed by atoms with van der Waals surface area (Å²) in [5, 5.41) is 8.76. The molecule has 0 unspecified atom stereocenters. The Morgan fingerprint density at radius 1 is 1.19 bits per heavy atom. The monoisotopic (exact) mass is 287 g/mol. The summed E-state index contributed by atoms with van der Waals surface area (Å²) < 4.78 is 0. The molecule has 112 valence electrons. The molecule has 1 amide bonds. The number of ketones is 1. The zero-order valence-electron chi connectivity index (χ0n) is 12.2. The first-order chi connectivity index (χ1) is 10.2. The second-order valence-electron chi connectivity index (χ2n) is 5.93. The van der Waals surface area contributed by atoms with Crippen molar-refractivity contribution in [2.75, 3.05) is 18.1 Å². The number of benzene rings is 1. The molecule has 0 atom stereocenters. The third-order valence-electron chi connectivity index (χ3n) is 4.39. The van der Waals surface area contributed by atoms with Gasteiger partial charge in [-0.25, -0.2) is 0 Å². The third kappa shape index (κ3) is 2.72. The van der Waals surface area contributed by atoms with Crippen LogP contribution >= 0.6 is 0 Å². The Morgan fingerprint density at radius 2 is 2.00 bits per heavy atom. The van der Waals surface area contributed by atoms with Gasteiger partial charge >= 0.3 is 0 Å². The van der Waals surface area contributed by atoms with Gasteiger partial charge in [-0.2, -0.15) is 0 Å². The van der Waals surface area contributed by atoms with Gasteiger partial charge in [-0.3, -0.25) is 9.59 Å². The fourth-order valence-corrected chi connectivity index (χ4v) is 3.36. The van der Waals surface area contributed by atoms with E-state index in [9.17, 15) is 9.59 Å². The SMILES string of the molecule is O=C(CCCCCO)c1cc2c3c(c1)CC(=O)N3CCC2. The van der Waals surface area contributed by atoms with Crippen LogP contribution in [0.25, 0.3) is 0 Å². The number of anilines is 1. The van der Waals surface area contributed by atoms with Gasteiger partial charge in [-0.05, 0) is 48.9 Å². The number of carbonyl (C=O) groups excluding carboxylic acids is 2. The summed E-state index contributed by atoms with van der Waals surface area (Å²) in [5.41, 5.74) is 4.01. The van der Waals surface area contributed by atoms with Crippen molar-refractivity contribution < 1.29 is 14.7 Å². The standard InChI is InChI=1S/C17H21NO3/c19-8-3-1-2-6-15(20)13-9-12-5-4-7-18-16(21)11-14(10-13)17(12)18/h9-10,19H,1-8,11H2. The van der Waals surface area contributed by atoms with Crippen LogP contribution in [0.4, 0.5) is 5.69 Å². The Hall–Kier alpha value is -1.68. The van der Waals surface area contributed by atoms with E-state index in [4.69, 9.17) is 5.11 Å². The normalized spacial score (nSPS) is 16.2. The second kappa shape index (κ2) is 5.98. The third-order valence-corrected chi connectivity index (χ3v) is 4.39. The molecule has 0 aromatic heterocycles. The van der Waals surface area contributed by atoms with E-state index < -0.39 is 0 Å². The van der Waals surface area contributed by atoms with E-state index in [0.29, 0.717) is 12.8 Å². The molecule has 3 rings (SSSR count). The predicted molar refractivity (Wildman–Crippen MR) is 80.7 cm³/mol. The highest BCUT2D eigenvalue weighted by atomic mass is 16.3. The van der Waals surface area contributed by atoms with Crippen LogP contribution in [-0.4, -0.2) is 29.9 Å². The van der Waals surface area contributed by atoms with E-state index in [1.807, 2.05) is 17.0 Å². The molecule has 2 heterocycles. The van der Waals surface area contributed by atoms with Gasteiger partial charge in [0.1, 0.15) is 0 Å². The number of nitrogens with zero attached hydrogens (tertiary/aromatic N) is 1. The van der Waals surface area contributed by atoms with Crippen molar-refractivity contribution in [3.8, 4) is 0 Å². The van der Waals surface area contributed by atoms with Gasteiger partial charge in [-0.1, -0.05) is 6.42 Å². The minimum atomic E-state index is 0.156. The number of aliphatic hydroxyl groups is 1. The molecule has 0 aliphatic carbocycles. The predicted octanol–water partition coefficient (Wildman–Crippen LogP) is 2.26. The molecular formula is C17H21NO3. The highest BCUT2D eigenvalue weighted by molar-refractivity contribution is 6.05. The van der Waals surface area contributed by atoms with Crippen molar-refractivity contribution >= 4 is 17.4 Å². The average molecular weight is 287 g/mol. The molecule has 0 radical (unpaired) electrons. The molecule has 0 bridgehead atoms. The van der Waals surface area contributed by atoms with E-state index in [-0.39, 0.29) is 18.3 Å². The Bertz CT molecular complexity index is 580. The Morgan fingerprint density at radius 3 is 2.81 bits per heavy atom. The first-order valence-corrected chi connectivity index (χ1v) is 7.81. The summed E-state index contributed by atoms with van der Waals surface area (Å²) in [5.74, 6) is 0.321. The van der Waals surface area contributed by atoms with Crippen molar-refractivity contribution in [1.29, 1.82) is 0 Å². The van der Waals surface area contributed by atoms with Crippen LogP contribution in [0.15, 0.2) is 12.1 Å². The number of unbranched alkanes of at least 4 members (excludes halogenated alkanes) is 2. The van der Waals surface area contributed by atoms with Gasteiger partial charge < -0.3 is 10.0 Å².